The van der Waals surface area contributed by atoms with Gasteiger partial charge in [0.05, 0.1) is 11.9 Å². The van der Waals surface area contributed by atoms with E-state index in [1.54, 1.807) is 6.20 Å². The van der Waals surface area contributed by atoms with Crippen LogP contribution in [-0.2, 0) is 11.8 Å². The fourth-order valence-corrected chi connectivity index (χ4v) is 2.59. The van der Waals surface area contributed by atoms with E-state index in [0.29, 0.717) is 18.8 Å². The second-order valence-electron chi connectivity index (χ2n) is 4.89. The number of benzene rings is 1. The highest BCUT2D eigenvalue weighted by molar-refractivity contribution is 5.75. The summed E-state index contributed by atoms with van der Waals surface area (Å²) in [6, 6.07) is 9.11. The predicted octanol–water partition coefficient (Wildman–Crippen LogP) is 2.55. The van der Waals surface area contributed by atoms with Gasteiger partial charge in [-0.1, -0.05) is 44.2 Å². The van der Waals surface area contributed by atoms with Crippen LogP contribution in [-0.4, -0.2) is 38.6 Å². The highest BCUT2D eigenvalue weighted by Gasteiger charge is 2.29. The smallest absolute Gasteiger partial charge is 0.327 e. The van der Waals surface area contributed by atoms with Gasteiger partial charge in [0, 0.05) is 12.6 Å². The lowest BCUT2D eigenvalue weighted by atomic mass is 10.1. The first-order valence-corrected chi connectivity index (χ1v) is 7.14. The normalized spacial score (nSPS) is 12.6. The zero-order chi connectivity index (χ0) is 15.4. The second kappa shape index (κ2) is 6.54. The minimum Gasteiger partial charge on any atom is -0.480 e. The number of imidazole rings is 1. The van der Waals surface area contributed by atoms with Crippen molar-refractivity contribution in [2.24, 2.45) is 7.05 Å². The van der Waals surface area contributed by atoms with Crippen LogP contribution in [0.25, 0.3) is 11.4 Å². The first kappa shape index (κ1) is 15.3. The number of carbonyl (C=O) groups is 1. The van der Waals surface area contributed by atoms with E-state index in [9.17, 15) is 9.90 Å². The summed E-state index contributed by atoms with van der Waals surface area (Å²) in [7, 11) is 1.87. The number of carboxylic acids is 1. The fourth-order valence-electron chi connectivity index (χ4n) is 2.59. The number of hydrogen-bond donors (Lipinski definition) is 1. The van der Waals surface area contributed by atoms with E-state index in [2.05, 4.69) is 4.98 Å². The van der Waals surface area contributed by atoms with Crippen LogP contribution in [0.15, 0.2) is 36.5 Å². The Labute approximate surface area is 124 Å². The lowest BCUT2D eigenvalue weighted by Gasteiger charge is -2.26. The van der Waals surface area contributed by atoms with E-state index >= 15 is 0 Å². The maximum Gasteiger partial charge on any atom is 0.327 e. The molecule has 0 aliphatic heterocycles. The highest BCUT2D eigenvalue weighted by Crippen LogP contribution is 2.25. The number of rotatable bonds is 6. The number of hydrogen-bond acceptors (Lipinski definition) is 3. The van der Waals surface area contributed by atoms with Gasteiger partial charge in [0.25, 0.3) is 0 Å². The molecule has 1 unspecified atom stereocenters. The Morgan fingerprint density at radius 1 is 1.29 bits per heavy atom. The third kappa shape index (κ3) is 2.97. The number of likely N-dealkylation sites (N-methyl/N-ethyl adjacent to an activating group) is 1. The summed E-state index contributed by atoms with van der Waals surface area (Å²) in [5.41, 5.74) is 1.68. The first-order chi connectivity index (χ1) is 10.1. The molecule has 0 saturated carbocycles. The van der Waals surface area contributed by atoms with Gasteiger partial charge in [-0.2, -0.15) is 0 Å². The molecule has 21 heavy (non-hydrogen) atoms. The van der Waals surface area contributed by atoms with E-state index in [1.165, 1.54) is 0 Å². The molecule has 0 amide bonds. The first-order valence-electron chi connectivity index (χ1n) is 7.14. The summed E-state index contributed by atoms with van der Waals surface area (Å²) in [6.07, 6.45) is 1.67. The average molecular weight is 287 g/mol. The minimum absolute atomic E-state index is 0.671. The van der Waals surface area contributed by atoms with Crippen LogP contribution in [0.4, 0.5) is 0 Å². The second-order valence-corrected chi connectivity index (χ2v) is 4.89. The van der Waals surface area contributed by atoms with Gasteiger partial charge in [-0.15, -0.1) is 0 Å². The van der Waals surface area contributed by atoms with Crippen molar-refractivity contribution in [2.45, 2.75) is 19.9 Å². The lowest BCUT2D eigenvalue weighted by Crippen LogP contribution is -2.35. The molecule has 2 rings (SSSR count). The van der Waals surface area contributed by atoms with Crippen LogP contribution >= 0.6 is 0 Å². The summed E-state index contributed by atoms with van der Waals surface area (Å²) in [5, 5.41) is 9.58. The zero-order valence-corrected chi connectivity index (χ0v) is 12.7. The molecule has 1 aromatic carbocycles. The van der Waals surface area contributed by atoms with E-state index in [-0.39, 0.29) is 0 Å². The van der Waals surface area contributed by atoms with Gasteiger partial charge < -0.3 is 9.67 Å². The molecular weight excluding hydrogens is 266 g/mol. The SMILES string of the molecule is CCN(CC)C(C(=O)O)c1cnc(-c2ccccc2)n1C. The Morgan fingerprint density at radius 2 is 1.90 bits per heavy atom. The zero-order valence-electron chi connectivity index (χ0n) is 12.7. The Kier molecular flexibility index (Phi) is 4.75. The summed E-state index contributed by atoms with van der Waals surface area (Å²) in [4.78, 5) is 18.0. The van der Waals surface area contributed by atoms with Gasteiger partial charge >= 0.3 is 5.97 Å². The van der Waals surface area contributed by atoms with Crippen molar-refractivity contribution in [3.63, 3.8) is 0 Å². The number of aromatic nitrogens is 2. The molecule has 5 nitrogen and oxygen atoms in total. The van der Waals surface area contributed by atoms with Gasteiger partial charge in [-0.3, -0.25) is 9.69 Å². The van der Waals surface area contributed by atoms with Crippen LogP contribution in [0.1, 0.15) is 25.6 Å². The maximum atomic E-state index is 11.7. The van der Waals surface area contributed by atoms with Crippen molar-refractivity contribution < 1.29 is 9.90 Å². The third-order valence-corrected chi connectivity index (χ3v) is 3.75. The van der Waals surface area contributed by atoms with Gasteiger partial charge in [-0.05, 0) is 13.1 Å². The Bertz CT molecular complexity index is 603. The summed E-state index contributed by atoms with van der Waals surface area (Å²) < 4.78 is 1.87. The standard InChI is InChI=1S/C16H21N3O2/c1-4-19(5-2)14(16(20)21)13-11-17-15(18(13)3)12-9-7-6-8-10-12/h6-11,14H,4-5H2,1-3H3,(H,20,21). The van der Waals surface area contributed by atoms with E-state index in [4.69, 9.17) is 0 Å². The van der Waals surface area contributed by atoms with Crippen LogP contribution in [0, 0.1) is 0 Å². The molecular formula is C16H21N3O2. The molecule has 0 aliphatic rings. The lowest BCUT2D eigenvalue weighted by molar-refractivity contribution is -0.143. The van der Waals surface area contributed by atoms with Crippen molar-refractivity contribution in [3.05, 3.63) is 42.2 Å². The van der Waals surface area contributed by atoms with Gasteiger partial charge in [-0.25, -0.2) is 4.98 Å². The summed E-state index contributed by atoms with van der Waals surface area (Å²) in [6.45, 7) is 5.29. The van der Waals surface area contributed by atoms with Crippen LogP contribution in [0.3, 0.4) is 0 Å². The van der Waals surface area contributed by atoms with E-state index < -0.39 is 12.0 Å². The molecule has 112 valence electrons. The molecule has 1 atom stereocenters. The molecule has 1 aromatic heterocycles. The minimum atomic E-state index is -0.846. The number of carboxylic acid groups (broad SMARTS) is 1. The highest BCUT2D eigenvalue weighted by atomic mass is 16.4. The van der Waals surface area contributed by atoms with Crippen molar-refractivity contribution in [1.29, 1.82) is 0 Å². The van der Waals surface area contributed by atoms with Crippen molar-refractivity contribution in [2.75, 3.05) is 13.1 Å². The van der Waals surface area contributed by atoms with Gasteiger partial charge in [0.1, 0.15) is 5.82 Å². The Hall–Kier alpha value is -2.14. The quantitative estimate of drug-likeness (QED) is 0.887. The monoisotopic (exact) mass is 287 g/mol. The predicted molar refractivity (Wildman–Crippen MR) is 81.9 cm³/mol. The molecule has 2 aromatic rings. The molecule has 0 spiro atoms. The van der Waals surface area contributed by atoms with Crippen molar-refractivity contribution in [3.8, 4) is 11.4 Å². The van der Waals surface area contributed by atoms with E-state index in [1.807, 2.05) is 60.7 Å². The molecule has 0 bridgehead atoms. The fraction of sp³-hybridized carbons (Fsp3) is 0.375. The van der Waals surface area contributed by atoms with Crippen molar-refractivity contribution in [1.82, 2.24) is 14.5 Å². The topological polar surface area (TPSA) is 58.4 Å². The Balaban J connectivity index is 2.45. The molecule has 0 fully saturated rings. The molecule has 0 saturated heterocycles. The van der Waals surface area contributed by atoms with Crippen LogP contribution in [0.2, 0.25) is 0 Å². The van der Waals surface area contributed by atoms with Crippen LogP contribution in [0.5, 0.6) is 0 Å². The molecule has 0 aliphatic carbocycles. The largest absolute Gasteiger partial charge is 0.480 e. The Morgan fingerprint density at radius 3 is 2.43 bits per heavy atom. The number of nitrogens with zero attached hydrogens (tertiary/aromatic N) is 3. The maximum absolute atomic E-state index is 11.7. The van der Waals surface area contributed by atoms with E-state index in [0.717, 1.165) is 11.4 Å². The molecule has 0 radical (unpaired) electrons. The van der Waals surface area contributed by atoms with Crippen molar-refractivity contribution >= 4 is 5.97 Å². The third-order valence-electron chi connectivity index (χ3n) is 3.75. The molecule has 1 N–H and O–H groups in total. The molecule has 1 heterocycles. The summed E-state index contributed by atoms with van der Waals surface area (Å²) >= 11 is 0. The van der Waals surface area contributed by atoms with Gasteiger partial charge in [0.2, 0.25) is 0 Å². The summed E-state index contributed by atoms with van der Waals surface area (Å²) in [5.74, 6) is -0.0645. The molecule has 5 heteroatoms. The number of aliphatic carboxylic acids is 1. The average Bonchev–Trinajstić information content (AvgIpc) is 2.86. The van der Waals surface area contributed by atoms with Gasteiger partial charge in [0.15, 0.2) is 6.04 Å². The van der Waals surface area contributed by atoms with Crippen LogP contribution < -0.4 is 0 Å².